The molecule has 0 saturated carbocycles. The molecule has 1 aromatic carbocycles. The molecule has 21 heavy (non-hydrogen) atoms. The molecule has 1 aromatic heterocycles. The first-order chi connectivity index (χ1) is 9.68. The van der Waals surface area contributed by atoms with E-state index in [0.29, 0.717) is 12.1 Å². The standard InChI is InChI=1S/C11H10F2N4O3S/c1-17-5-6(4-15-17)11(18)16-10-8(12)2-7(3-9(10)13)21(14,19)20/h2-5H,1H3,(H,16,18)(H2,14,19,20). The molecular weight excluding hydrogens is 306 g/mol. The van der Waals surface area contributed by atoms with E-state index >= 15 is 0 Å². The molecule has 7 nitrogen and oxygen atoms in total. The Morgan fingerprint density at radius 2 is 1.90 bits per heavy atom. The van der Waals surface area contributed by atoms with Gasteiger partial charge in [-0.1, -0.05) is 0 Å². The zero-order valence-electron chi connectivity index (χ0n) is 10.7. The Labute approximate surface area is 118 Å². The van der Waals surface area contributed by atoms with Gasteiger partial charge in [0.05, 0.1) is 16.7 Å². The van der Waals surface area contributed by atoms with Crippen molar-refractivity contribution in [2.45, 2.75) is 4.90 Å². The summed E-state index contributed by atoms with van der Waals surface area (Å²) in [5, 5.41) is 10.5. The summed E-state index contributed by atoms with van der Waals surface area (Å²) in [4.78, 5) is 11.0. The third kappa shape index (κ3) is 3.23. The number of benzene rings is 1. The summed E-state index contributed by atoms with van der Waals surface area (Å²) in [6.07, 6.45) is 2.56. The number of hydrogen-bond acceptors (Lipinski definition) is 4. The molecule has 0 aliphatic carbocycles. The highest BCUT2D eigenvalue weighted by molar-refractivity contribution is 7.89. The van der Waals surface area contributed by atoms with Crippen molar-refractivity contribution in [3.63, 3.8) is 0 Å². The third-order valence-electron chi connectivity index (χ3n) is 2.55. The maximum atomic E-state index is 13.7. The van der Waals surface area contributed by atoms with Gasteiger partial charge in [-0.05, 0) is 12.1 Å². The van der Waals surface area contributed by atoms with E-state index in [0.717, 1.165) is 0 Å². The van der Waals surface area contributed by atoms with Crippen LogP contribution in [0, 0.1) is 11.6 Å². The number of nitrogens with two attached hydrogens (primary N) is 1. The predicted octanol–water partition coefficient (Wildman–Crippen LogP) is 0.598. The van der Waals surface area contributed by atoms with E-state index in [1.807, 2.05) is 5.32 Å². The maximum absolute atomic E-state index is 13.7. The van der Waals surface area contributed by atoms with Crippen LogP contribution in [0.2, 0.25) is 0 Å². The number of aryl methyl sites for hydroxylation is 1. The van der Waals surface area contributed by atoms with Crippen LogP contribution in [0.25, 0.3) is 0 Å². The fourth-order valence-electron chi connectivity index (χ4n) is 1.56. The van der Waals surface area contributed by atoms with Gasteiger partial charge in [-0.25, -0.2) is 22.3 Å². The number of aromatic nitrogens is 2. The summed E-state index contributed by atoms with van der Waals surface area (Å²) in [5.74, 6) is -3.29. The van der Waals surface area contributed by atoms with Crippen LogP contribution in [0.3, 0.4) is 0 Å². The second-order valence-electron chi connectivity index (χ2n) is 4.16. The van der Waals surface area contributed by atoms with E-state index in [1.165, 1.54) is 17.1 Å². The number of nitrogens with one attached hydrogen (secondary N) is 1. The SMILES string of the molecule is Cn1cc(C(=O)Nc2c(F)cc(S(N)(=O)=O)cc2F)cn1. The van der Waals surface area contributed by atoms with Gasteiger partial charge in [-0.2, -0.15) is 5.10 Å². The lowest BCUT2D eigenvalue weighted by Crippen LogP contribution is -2.16. The number of primary sulfonamides is 1. The summed E-state index contributed by atoms with van der Waals surface area (Å²) in [7, 11) is -2.68. The van der Waals surface area contributed by atoms with Gasteiger partial charge in [0, 0.05) is 13.2 Å². The monoisotopic (exact) mass is 316 g/mol. The highest BCUT2D eigenvalue weighted by Gasteiger charge is 2.19. The van der Waals surface area contributed by atoms with Crippen molar-refractivity contribution in [1.29, 1.82) is 0 Å². The molecule has 3 N–H and O–H groups in total. The van der Waals surface area contributed by atoms with Gasteiger partial charge in [-0.3, -0.25) is 9.48 Å². The smallest absolute Gasteiger partial charge is 0.259 e. The van der Waals surface area contributed by atoms with Crippen molar-refractivity contribution in [1.82, 2.24) is 9.78 Å². The lowest BCUT2D eigenvalue weighted by Gasteiger charge is -2.08. The third-order valence-corrected chi connectivity index (χ3v) is 3.44. The first kappa shape index (κ1) is 15.1. The normalized spacial score (nSPS) is 11.4. The fraction of sp³-hybridized carbons (Fsp3) is 0.0909. The van der Waals surface area contributed by atoms with Crippen molar-refractivity contribution < 1.29 is 22.0 Å². The molecule has 2 rings (SSSR count). The Balaban J connectivity index is 2.35. The Bertz CT molecular complexity index is 794. The van der Waals surface area contributed by atoms with Crippen LogP contribution in [0.5, 0.6) is 0 Å². The van der Waals surface area contributed by atoms with E-state index in [2.05, 4.69) is 5.10 Å². The van der Waals surface area contributed by atoms with E-state index in [1.54, 1.807) is 7.05 Å². The molecule has 0 fully saturated rings. The number of carbonyl (C=O) groups excluding carboxylic acids is 1. The summed E-state index contributed by atoms with van der Waals surface area (Å²) < 4.78 is 50.9. The molecule has 0 saturated heterocycles. The number of carbonyl (C=O) groups is 1. The molecule has 1 amide bonds. The van der Waals surface area contributed by atoms with Crippen LogP contribution in [0.1, 0.15) is 10.4 Å². The number of halogens is 2. The van der Waals surface area contributed by atoms with E-state index in [9.17, 15) is 22.0 Å². The Hall–Kier alpha value is -2.33. The number of rotatable bonds is 3. The van der Waals surface area contributed by atoms with Crippen LogP contribution < -0.4 is 10.5 Å². The topological polar surface area (TPSA) is 107 Å². The quantitative estimate of drug-likeness (QED) is 0.864. The van der Waals surface area contributed by atoms with E-state index < -0.39 is 38.1 Å². The summed E-state index contributed by atoms with van der Waals surface area (Å²) >= 11 is 0. The van der Waals surface area contributed by atoms with Crippen molar-refractivity contribution in [3.8, 4) is 0 Å². The minimum atomic E-state index is -4.25. The minimum Gasteiger partial charge on any atom is -0.317 e. The first-order valence-corrected chi connectivity index (χ1v) is 7.05. The average Bonchev–Trinajstić information content (AvgIpc) is 2.79. The lowest BCUT2D eigenvalue weighted by atomic mass is 10.2. The highest BCUT2D eigenvalue weighted by atomic mass is 32.2. The molecule has 10 heteroatoms. The Morgan fingerprint density at radius 3 is 2.33 bits per heavy atom. The molecule has 0 aliphatic rings. The molecule has 1 heterocycles. The summed E-state index contributed by atoms with van der Waals surface area (Å²) in [5.41, 5.74) is -0.678. The van der Waals surface area contributed by atoms with Gasteiger partial charge in [0.2, 0.25) is 10.0 Å². The first-order valence-electron chi connectivity index (χ1n) is 5.50. The zero-order chi connectivity index (χ0) is 15.8. The van der Waals surface area contributed by atoms with Crippen LogP contribution in [-0.2, 0) is 17.1 Å². The minimum absolute atomic E-state index is 0.0897. The Kier molecular flexibility index (Phi) is 3.75. The van der Waals surface area contributed by atoms with Crippen molar-refractivity contribution in [3.05, 3.63) is 41.7 Å². The van der Waals surface area contributed by atoms with E-state index in [-0.39, 0.29) is 5.56 Å². The van der Waals surface area contributed by atoms with Crippen molar-refractivity contribution >= 4 is 21.6 Å². The van der Waals surface area contributed by atoms with Gasteiger partial charge >= 0.3 is 0 Å². The molecule has 0 radical (unpaired) electrons. The molecular formula is C11H10F2N4O3S. The molecule has 0 aliphatic heterocycles. The average molecular weight is 316 g/mol. The summed E-state index contributed by atoms with van der Waals surface area (Å²) in [6, 6.07) is 1.05. The zero-order valence-corrected chi connectivity index (χ0v) is 11.5. The largest absolute Gasteiger partial charge is 0.317 e. The van der Waals surface area contributed by atoms with Gasteiger partial charge in [0.25, 0.3) is 5.91 Å². The molecule has 0 atom stereocenters. The Morgan fingerprint density at radius 1 is 1.33 bits per heavy atom. The van der Waals surface area contributed by atoms with Gasteiger partial charge in [0.1, 0.15) is 5.69 Å². The molecule has 112 valence electrons. The number of hydrogen-bond donors (Lipinski definition) is 2. The van der Waals surface area contributed by atoms with Gasteiger partial charge in [-0.15, -0.1) is 0 Å². The highest BCUT2D eigenvalue weighted by Crippen LogP contribution is 2.23. The van der Waals surface area contributed by atoms with Crippen LogP contribution in [0.15, 0.2) is 29.4 Å². The lowest BCUT2D eigenvalue weighted by molar-refractivity contribution is 0.102. The molecule has 0 spiro atoms. The molecule has 0 unspecified atom stereocenters. The number of sulfonamides is 1. The predicted molar refractivity (Wildman–Crippen MR) is 68.9 cm³/mol. The van der Waals surface area contributed by atoms with Gasteiger partial charge in [0.15, 0.2) is 11.6 Å². The number of anilines is 1. The summed E-state index contributed by atoms with van der Waals surface area (Å²) in [6.45, 7) is 0. The van der Waals surface area contributed by atoms with Gasteiger partial charge < -0.3 is 5.32 Å². The maximum Gasteiger partial charge on any atom is 0.259 e. The second kappa shape index (κ2) is 5.22. The van der Waals surface area contributed by atoms with Crippen LogP contribution in [0.4, 0.5) is 14.5 Å². The molecule has 2 aromatic rings. The van der Waals surface area contributed by atoms with Crippen molar-refractivity contribution in [2.24, 2.45) is 12.2 Å². The molecule has 0 bridgehead atoms. The van der Waals surface area contributed by atoms with Crippen LogP contribution >= 0.6 is 0 Å². The number of amides is 1. The van der Waals surface area contributed by atoms with Crippen molar-refractivity contribution in [2.75, 3.05) is 5.32 Å². The fourth-order valence-corrected chi connectivity index (χ4v) is 2.09. The number of nitrogens with zero attached hydrogens (tertiary/aromatic N) is 2. The second-order valence-corrected chi connectivity index (χ2v) is 5.73. The van der Waals surface area contributed by atoms with E-state index in [4.69, 9.17) is 5.14 Å². The van der Waals surface area contributed by atoms with Crippen LogP contribution in [-0.4, -0.2) is 24.1 Å².